The highest BCUT2D eigenvalue weighted by Gasteiger charge is 1.95. The van der Waals surface area contributed by atoms with E-state index < -0.39 is 0 Å². The minimum atomic E-state index is 0.305. The van der Waals surface area contributed by atoms with E-state index in [1.165, 1.54) is 16.7 Å². The fraction of sp³-hybridized carbons (Fsp3) is 0.0769. The summed E-state index contributed by atoms with van der Waals surface area (Å²) in [5.74, 6) is 0.305. The third-order valence-electron chi connectivity index (χ3n) is 4.37. The quantitative estimate of drug-likeness (QED) is 0.404. The molecule has 0 aromatic heterocycles. The second kappa shape index (κ2) is 9.43. The lowest BCUT2D eigenvalue weighted by Crippen LogP contribution is -1.89. The predicted molar refractivity (Wildman–Crippen MR) is 119 cm³/mol. The normalized spacial score (nSPS) is 9.93. The van der Waals surface area contributed by atoms with Crippen LogP contribution in [0.3, 0.4) is 0 Å². The highest BCUT2D eigenvalue weighted by Crippen LogP contribution is 2.21. The lowest BCUT2D eigenvalue weighted by Gasteiger charge is -2.06. The molecule has 0 heterocycles. The number of rotatable bonds is 3. The van der Waals surface area contributed by atoms with Crippen LogP contribution in [0.1, 0.15) is 11.1 Å². The van der Waals surface area contributed by atoms with Crippen molar-refractivity contribution in [3.05, 3.63) is 114 Å². The number of phenols is 1. The van der Waals surface area contributed by atoms with Crippen molar-refractivity contribution in [2.24, 2.45) is 0 Å². The molecule has 2 N–H and O–H groups in total. The average Bonchev–Trinajstić information content (AvgIpc) is 2.73. The molecule has 0 radical (unpaired) electrons. The van der Waals surface area contributed by atoms with Crippen LogP contribution in [-0.2, 0) is 0 Å². The molecular weight excluding hydrogens is 342 g/mol. The summed E-state index contributed by atoms with van der Waals surface area (Å²) in [7, 11) is 0. The maximum absolute atomic E-state index is 9.10. The van der Waals surface area contributed by atoms with E-state index in [2.05, 4.69) is 67.7 Å². The van der Waals surface area contributed by atoms with Crippen molar-refractivity contribution in [1.29, 1.82) is 0 Å². The third kappa shape index (κ3) is 5.75. The maximum atomic E-state index is 9.10. The van der Waals surface area contributed by atoms with Crippen LogP contribution in [0.4, 0.5) is 11.4 Å². The highest BCUT2D eigenvalue weighted by molar-refractivity contribution is 5.63. The van der Waals surface area contributed by atoms with Gasteiger partial charge in [0.1, 0.15) is 5.75 Å². The van der Waals surface area contributed by atoms with Gasteiger partial charge in [0.15, 0.2) is 0 Å². The van der Waals surface area contributed by atoms with Gasteiger partial charge < -0.3 is 10.4 Å². The maximum Gasteiger partial charge on any atom is 0.115 e. The molecule has 140 valence electrons. The molecule has 0 amide bonds. The number of benzene rings is 4. The zero-order chi connectivity index (χ0) is 19.8. The van der Waals surface area contributed by atoms with Gasteiger partial charge in [-0.2, -0.15) is 0 Å². The largest absolute Gasteiger partial charge is 0.508 e. The molecule has 0 fully saturated rings. The molecule has 4 rings (SSSR count). The lowest BCUT2D eigenvalue weighted by molar-refractivity contribution is 0.475. The lowest BCUT2D eigenvalue weighted by atomic mass is 10.1. The van der Waals surface area contributed by atoms with Crippen LogP contribution < -0.4 is 5.32 Å². The summed E-state index contributed by atoms with van der Waals surface area (Å²) in [6, 6.07) is 34.1. The van der Waals surface area contributed by atoms with Crippen LogP contribution in [0.25, 0.3) is 11.1 Å². The molecule has 4 aromatic carbocycles. The first-order valence-electron chi connectivity index (χ1n) is 9.35. The third-order valence-corrected chi connectivity index (χ3v) is 4.37. The molecule has 0 aliphatic heterocycles. The molecular formula is C26H25NO. The number of aromatic hydroxyl groups is 1. The van der Waals surface area contributed by atoms with Crippen molar-refractivity contribution >= 4 is 11.4 Å². The van der Waals surface area contributed by atoms with Gasteiger partial charge >= 0.3 is 0 Å². The van der Waals surface area contributed by atoms with Gasteiger partial charge in [0, 0.05) is 11.4 Å². The Morgan fingerprint density at radius 1 is 0.500 bits per heavy atom. The monoisotopic (exact) mass is 367 g/mol. The Morgan fingerprint density at radius 2 is 0.929 bits per heavy atom. The van der Waals surface area contributed by atoms with Gasteiger partial charge in [-0.05, 0) is 61.4 Å². The van der Waals surface area contributed by atoms with Crippen LogP contribution in [0.15, 0.2) is 103 Å². The van der Waals surface area contributed by atoms with Crippen molar-refractivity contribution < 1.29 is 5.11 Å². The molecule has 0 atom stereocenters. The second-order valence-electron chi connectivity index (χ2n) is 6.77. The fourth-order valence-electron chi connectivity index (χ4n) is 2.72. The molecule has 4 aromatic rings. The zero-order valence-corrected chi connectivity index (χ0v) is 16.3. The Kier molecular flexibility index (Phi) is 6.48. The van der Waals surface area contributed by atoms with Crippen molar-refractivity contribution in [2.75, 3.05) is 5.32 Å². The minimum absolute atomic E-state index is 0.305. The number of hydrogen-bond acceptors (Lipinski definition) is 2. The topological polar surface area (TPSA) is 32.3 Å². The summed E-state index contributed by atoms with van der Waals surface area (Å²) in [4.78, 5) is 0. The molecule has 0 unspecified atom stereocenters. The number of hydrogen-bond donors (Lipinski definition) is 2. The van der Waals surface area contributed by atoms with E-state index >= 15 is 0 Å². The van der Waals surface area contributed by atoms with Crippen LogP contribution in [0, 0.1) is 13.8 Å². The Hall–Kier alpha value is -3.52. The van der Waals surface area contributed by atoms with E-state index in [0.29, 0.717) is 5.75 Å². The zero-order valence-electron chi connectivity index (χ0n) is 16.3. The molecule has 2 nitrogen and oxygen atoms in total. The molecule has 0 aliphatic carbocycles. The predicted octanol–water partition coefficient (Wildman–Crippen LogP) is 7.11. The van der Waals surface area contributed by atoms with Gasteiger partial charge in [0.05, 0.1) is 0 Å². The fourth-order valence-corrected chi connectivity index (χ4v) is 2.72. The van der Waals surface area contributed by atoms with Crippen molar-refractivity contribution in [3.8, 4) is 16.9 Å². The summed E-state index contributed by atoms with van der Waals surface area (Å²) < 4.78 is 0. The summed E-state index contributed by atoms with van der Waals surface area (Å²) in [5.41, 5.74) is 7.11. The molecule has 0 saturated carbocycles. The Balaban J connectivity index is 0.000000162. The Labute approximate surface area is 167 Å². The van der Waals surface area contributed by atoms with E-state index in [-0.39, 0.29) is 0 Å². The number of aryl methyl sites for hydroxylation is 2. The van der Waals surface area contributed by atoms with Gasteiger partial charge in [-0.25, -0.2) is 0 Å². The highest BCUT2D eigenvalue weighted by atomic mass is 16.3. The number of anilines is 2. The summed E-state index contributed by atoms with van der Waals surface area (Å²) >= 11 is 0. The van der Waals surface area contributed by atoms with Crippen molar-refractivity contribution in [3.63, 3.8) is 0 Å². The van der Waals surface area contributed by atoms with E-state index in [4.69, 9.17) is 5.11 Å². The minimum Gasteiger partial charge on any atom is -0.508 e. The van der Waals surface area contributed by atoms with E-state index in [1.807, 2.05) is 42.5 Å². The van der Waals surface area contributed by atoms with Gasteiger partial charge in [-0.1, -0.05) is 77.9 Å². The van der Waals surface area contributed by atoms with E-state index in [9.17, 15) is 0 Å². The summed E-state index contributed by atoms with van der Waals surface area (Å²) in [6.45, 7) is 4.19. The SMILES string of the molecule is Cc1ccc(Nc2ccc(C)cc2)cc1.Oc1ccc(-c2ccccc2)cc1. The second-order valence-corrected chi connectivity index (χ2v) is 6.77. The van der Waals surface area contributed by atoms with Crippen LogP contribution in [-0.4, -0.2) is 5.11 Å². The molecule has 0 bridgehead atoms. The van der Waals surface area contributed by atoms with E-state index in [1.54, 1.807) is 12.1 Å². The first-order chi connectivity index (χ1) is 13.6. The Bertz CT molecular complexity index is 930. The van der Waals surface area contributed by atoms with Crippen LogP contribution in [0.2, 0.25) is 0 Å². The average molecular weight is 367 g/mol. The smallest absolute Gasteiger partial charge is 0.115 e. The number of phenolic OH excluding ortho intramolecular Hbond substituents is 1. The van der Waals surface area contributed by atoms with E-state index in [0.717, 1.165) is 16.9 Å². The number of nitrogens with one attached hydrogen (secondary N) is 1. The molecule has 28 heavy (non-hydrogen) atoms. The van der Waals surface area contributed by atoms with Gasteiger partial charge in [-0.3, -0.25) is 0 Å². The van der Waals surface area contributed by atoms with Crippen molar-refractivity contribution in [2.45, 2.75) is 13.8 Å². The first-order valence-corrected chi connectivity index (χ1v) is 9.35. The Morgan fingerprint density at radius 3 is 1.39 bits per heavy atom. The summed E-state index contributed by atoms with van der Waals surface area (Å²) in [5, 5.41) is 12.5. The van der Waals surface area contributed by atoms with Crippen molar-refractivity contribution in [1.82, 2.24) is 0 Å². The molecule has 0 spiro atoms. The van der Waals surface area contributed by atoms with Gasteiger partial charge in [0.25, 0.3) is 0 Å². The van der Waals surface area contributed by atoms with Crippen LogP contribution in [0.5, 0.6) is 5.75 Å². The molecule has 2 heteroatoms. The first kappa shape index (κ1) is 19.2. The van der Waals surface area contributed by atoms with Crippen LogP contribution >= 0.6 is 0 Å². The standard InChI is InChI=1S/C14H15N.C12H10O/c1-11-3-7-13(8-4-11)15-14-9-5-12(2)6-10-14;13-12-8-6-11(7-9-12)10-4-2-1-3-5-10/h3-10,15H,1-2H3;1-9,13H. The summed E-state index contributed by atoms with van der Waals surface area (Å²) in [6.07, 6.45) is 0. The van der Waals surface area contributed by atoms with Gasteiger partial charge in [0.2, 0.25) is 0 Å². The molecule has 0 saturated heterocycles. The molecule has 0 aliphatic rings. The van der Waals surface area contributed by atoms with Gasteiger partial charge in [-0.15, -0.1) is 0 Å².